The Balaban J connectivity index is 0.00000136. The van der Waals surface area contributed by atoms with Crippen molar-refractivity contribution in [2.24, 2.45) is 17.8 Å². The van der Waals surface area contributed by atoms with Gasteiger partial charge >= 0.3 is 0 Å². The van der Waals surface area contributed by atoms with E-state index >= 15 is 0 Å². The van der Waals surface area contributed by atoms with Gasteiger partial charge in [0.05, 0.1) is 23.9 Å². The highest BCUT2D eigenvalue weighted by molar-refractivity contribution is 6.02. The summed E-state index contributed by atoms with van der Waals surface area (Å²) in [6.07, 6.45) is 3.35. The molecule has 3 rings (SSSR count). The fourth-order valence-corrected chi connectivity index (χ4v) is 2.59. The standard InChI is InChI=1S/C17H16N6O3.C2H6/c1-23-9-11(21-15(24)14-3-2-10(7-18)8-20-14)6-12(16(23)25)13-4-5-26-17(19)22-13;1-2/h2-3,6,8-9,13H,4-5H2,1H3,(H2,19,22)(H,21,24);1-2H3. The summed E-state index contributed by atoms with van der Waals surface area (Å²) in [6, 6.07) is 6.10. The maximum atomic E-state index is 12.4. The minimum atomic E-state index is -0.450. The third kappa shape index (κ3) is 4.73. The Bertz CT molecular complexity index is 973. The molecule has 146 valence electrons. The van der Waals surface area contributed by atoms with E-state index in [2.05, 4.69) is 15.3 Å². The van der Waals surface area contributed by atoms with Gasteiger partial charge in [-0.25, -0.2) is 9.98 Å². The monoisotopic (exact) mass is 382 g/mol. The molecule has 1 atom stereocenters. The molecule has 3 N–H and O–H groups in total. The molecular formula is C19H22N6O3. The van der Waals surface area contributed by atoms with E-state index in [0.29, 0.717) is 29.8 Å². The highest BCUT2D eigenvalue weighted by Crippen LogP contribution is 2.23. The summed E-state index contributed by atoms with van der Waals surface area (Å²) in [7, 11) is 1.59. The summed E-state index contributed by atoms with van der Waals surface area (Å²) in [4.78, 5) is 32.9. The third-order valence-corrected chi connectivity index (χ3v) is 3.88. The van der Waals surface area contributed by atoms with Gasteiger partial charge in [-0.05, 0) is 18.2 Å². The van der Waals surface area contributed by atoms with Crippen LogP contribution in [0, 0.1) is 11.3 Å². The number of nitriles is 1. The molecule has 1 unspecified atom stereocenters. The van der Waals surface area contributed by atoms with Crippen LogP contribution in [0.25, 0.3) is 0 Å². The molecule has 3 heterocycles. The van der Waals surface area contributed by atoms with E-state index in [1.807, 2.05) is 19.9 Å². The number of anilines is 1. The molecule has 0 saturated carbocycles. The second-order valence-corrected chi connectivity index (χ2v) is 5.72. The van der Waals surface area contributed by atoms with Gasteiger partial charge in [0.2, 0.25) is 0 Å². The number of aliphatic imine (C=N–C) groups is 1. The number of amides is 1. The smallest absolute Gasteiger partial charge is 0.282 e. The Labute approximate surface area is 162 Å². The molecule has 9 heteroatoms. The first-order valence-electron chi connectivity index (χ1n) is 8.82. The van der Waals surface area contributed by atoms with E-state index in [-0.39, 0.29) is 17.3 Å². The largest absolute Gasteiger partial charge is 0.465 e. The third-order valence-electron chi connectivity index (χ3n) is 3.88. The summed E-state index contributed by atoms with van der Waals surface area (Å²) in [5, 5.41) is 11.5. The van der Waals surface area contributed by atoms with Crippen LogP contribution < -0.4 is 16.6 Å². The van der Waals surface area contributed by atoms with Crippen molar-refractivity contribution in [1.29, 1.82) is 5.26 Å². The number of hydrogen-bond donors (Lipinski definition) is 2. The lowest BCUT2D eigenvalue weighted by atomic mass is 10.1. The summed E-state index contributed by atoms with van der Waals surface area (Å²) in [5.74, 6) is -0.450. The van der Waals surface area contributed by atoms with Crippen molar-refractivity contribution in [3.8, 4) is 6.07 Å². The molecule has 2 aromatic heterocycles. The quantitative estimate of drug-likeness (QED) is 0.829. The minimum Gasteiger partial charge on any atom is -0.465 e. The highest BCUT2D eigenvalue weighted by atomic mass is 16.5. The molecule has 0 saturated heterocycles. The van der Waals surface area contributed by atoms with Gasteiger partial charge in [0.1, 0.15) is 11.8 Å². The molecule has 1 aliphatic rings. The molecule has 28 heavy (non-hydrogen) atoms. The van der Waals surface area contributed by atoms with Gasteiger partial charge in [-0.15, -0.1) is 0 Å². The number of nitrogens with two attached hydrogens (primary N) is 1. The Kier molecular flexibility index (Phi) is 6.87. The number of carbonyl (C=O) groups excluding carboxylic acids is 1. The Morgan fingerprint density at radius 3 is 2.79 bits per heavy atom. The molecule has 0 bridgehead atoms. The van der Waals surface area contributed by atoms with Gasteiger partial charge in [0.25, 0.3) is 17.5 Å². The van der Waals surface area contributed by atoms with Gasteiger partial charge in [0.15, 0.2) is 0 Å². The number of aromatic nitrogens is 2. The van der Waals surface area contributed by atoms with Crippen molar-refractivity contribution in [2.45, 2.75) is 26.3 Å². The van der Waals surface area contributed by atoms with E-state index in [0.717, 1.165) is 0 Å². The lowest BCUT2D eigenvalue weighted by Gasteiger charge is -2.20. The van der Waals surface area contributed by atoms with Crippen molar-refractivity contribution >= 4 is 17.6 Å². The minimum absolute atomic E-state index is 0.0412. The van der Waals surface area contributed by atoms with Gasteiger partial charge < -0.3 is 20.4 Å². The van der Waals surface area contributed by atoms with Crippen LogP contribution in [0.5, 0.6) is 0 Å². The van der Waals surface area contributed by atoms with Crippen LogP contribution in [0.15, 0.2) is 40.4 Å². The van der Waals surface area contributed by atoms with Crippen LogP contribution in [0.1, 0.15) is 47.9 Å². The summed E-state index contributed by atoms with van der Waals surface area (Å²) in [6.45, 7) is 4.37. The van der Waals surface area contributed by atoms with Crippen LogP contribution in [0.4, 0.5) is 5.69 Å². The number of rotatable bonds is 3. The second kappa shape index (κ2) is 9.32. The fourth-order valence-electron chi connectivity index (χ4n) is 2.59. The second-order valence-electron chi connectivity index (χ2n) is 5.72. The van der Waals surface area contributed by atoms with Gasteiger partial charge in [-0.2, -0.15) is 5.26 Å². The zero-order valence-corrected chi connectivity index (χ0v) is 16.0. The van der Waals surface area contributed by atoms with Crippen LogP contribution in [0.3, 0.4) is 0 Å². The van der Waals surface area contributed by atoms with Crippen molar-refractivity contribution in [3.63, 3.8) is 0 Å². The molecule has 0 aliphatic carbocycles. The van der Waals surface area contributed by atoms with E-state index in [1.54, 1.807) is 13.1 Å². The number of carbonyl (C=O) groups is 1. The Morgan fingerprint density at radius 1 is 1.43 bits per heavy atom. The molecule has 0 fully saturated rings. The summed E-state index contributed by atoms with van der Waals surface area (Å²) in [5.41, 5.74) is 6.74. The number of amidine groups is 1. The average molecular weight is 382 g/mol. The van der Waals surface area contributed by atoms with Crippen molar-refractivity contribution in [3.05, 3.63) is 57.8 Å². The first-order chi connectivity index (χ1) is 13.5. The van der Waals surface area contributed by atoms with Crippen LogP contribution in [0.2, 0.25) is 0 Å². The maximum absolute atomic E-state index is 12.4. The molecule has 1 amide bonds. The number of nitrogens with zero attached hydrogens (tertiary/aromatic N) is 4. The fraction of sp³-hybridized carbons (Fsp3) is 0.316. The van der Waals surface area contributed by atoms with Crippen LogP contribution >= 0.6 is 0 Å². The first-order valence-corrected chi connectivity index (χ1v) is 8.82. The van der Waals surface area contributed by atoms with E-state index in [4.69, 9.17) is 15.7 Å². The number of nitrogens with one attached hydrogen (secondary N) is 1. The van der Waals surface area contributed by atoms with E-state index < -0.39 is 11.9 Å². The van der Waals surface area contributed by atoms with Crippen LogP contribution in [-0.4, -0.2) is 28.1 Å². The molecule has 9 nitrogen and oxygen atoms in total. The first kappa shape index (κ1) is 20.6. The predicted molar refractivity (Wildman–Crippen MR) is 105 cm³/mol. The molecular weight excluding hydrogens is 360 g/mol. The summed E-state index contributed by atoms with van der Waals surface area (Å²) >= 11 is 0. The number of aryl methyl sites for hydroxylation is 1. The lowest BCUT2D eigenvalue weighted by Crippen LogP contribution is -2.29. The van der Waals surface area contributed by atoms with Crippen molar-refractivity contribution in [2.75, 3.05) is 11.9 Å². The lowest BCUT2D eigenvalue weighted by molar-refractivity contribution is 0.102. The SMILES string of the molecule is CC.Cn1cc(NC(=O)c2ccc(C#N)cn2)cc(C2CCOC(N)=N2)c1=O. The van der Waals surface area contributed by atoms with Crippen molar-refractivity contribution < 1.29 is 9.53 Å². The topological polar surface area (TPSA) is 135 Å². The summed E-state index contributed by atoms with van der Waals surface area (Å²) < 4.78 is 6.46. The van der Waals surface area contributed by atoms with Gasteiger partial charge in [0, 0.05) is 31.4 Å². The number of pyridine rings is 2. The number of ether oxygens (including phenoxy) is 1. The highest BCUT2D eigenvalue weighted by Gasteiger charge is 2.21. The van der Waals surface area contributed by atoms with E-state index in [9.17, 15) is 9.59 Å². The normalized spacial score (nSPS) is 15.2. The zero-order valence-electron chi connectivity index (χ0n) is 16.0. The Hall–Kier alpha value is -3.67. The van der Waals surface area contributed by atoms with Gasteiger partial charge in [-0.3, -0.25) is 9.59 Å². The zero-order chi connectivity index (χ0) is 20.7. The average Bonchev–Trinajstić information content (AvgIpc) is 2.72. The maximum Gasteiger partial charge on any atom is 0.282 e. The molecule has 2 aromatic rings. The molecule has 0 aromatic carbocycles. The van der Waals surface area contributed by atoms with Crippen molar-refractivity contribution in [1.82, 2.24) is 9.55 Å². The molecule has 0 spiro atoms. The van der Waals surface area contributed by atoms with E-state index in [1.165, 1.54) is 29.1 Å². The molecule has 0 radical (unpaired) electrons. The number of hydrogen-bond acceptors (Lipinski definition) is 7. The Morgan fingerprint density at radius 2 is 2.18 bits per heavy atom. The molecule has 1 aliphatic heterocycles. The van der Waals surface area contributed by atoms with Crippen LogP contribution in [-0.2, 0) is 11.8 Å². The predicted octanol–water partition coefficient (Wildman–Crippen LogP) is 1.71. The van der Waals surface area contributed by atoms with Gasteiger partial charge in [-0.1, -0.05) is 13.8 Å².